The SMILES string of the molecule is CC(C)(C)OC(=O)N1CCC(N2CCC(F)CC2)CC1. The average molecular weight is 286 g/mol. The number of alkyl halides is 1. The van der Waals surface area contributed by atoms with E-state index < -0.39 is 11.8 Å². The van der Waals surface area contributed by atoms with Gasteiger partial charge in [-0.15, -0.1) is 0 Å². The molecule has 2 heterocycles. The van der Waals surface area contributed by atoms with Gasteiger partial charge in [-0.3, -0.25) is 0 Å². The molecule has 0 radical (unpaired) electrons. The van der Waals surface area contributed by atoms with Crippen molar-refractivity contribution in [1.29, 1.82) is 0 Å². The van der Waals surface area contributed by atoms with Crippen LogP contribution >= 0.6 is 0 Å². The Balaban J connectivity index is 1.76. The van der Waals surface area contributed by atoms with E-state index in [1.54, 1.807) is 4.90 Å². The summed E-state index contributed by atoms with van der Waals surface area (Å²) in [5.41, 5.74) is -0.434. The van der Waals surface area contributed by atoms with E-state index in [4.69, 9.17) is 4.74 Å². The molecule has 2 fully saturated rings. The lowest BCUT2D eigenvalue weighted by molar-refractivity contribution is 0.0112. The second kappa shape index (κ2) is 6.29. The summed E-state index contributed by atoms with van der Waals surface area (Å²) in [6, 6.07) is 0.501. The largest absolute Gasteiger partial charge is 0.444 e. The molecule has 0 spiro atoms. The predicted octanol–water partition coefficient (Wildman–Crippen LogP) is 2.82. The van der Waals surface area contributed by atoms with Crippen LogP contribution in [0.1, 0.15) is 46.5 Å². The molecule has 2 aliphatic rings. The lowest BCUT2D eigenvalue weighted by Gasteiger charge is -2.40. The van der Waals surface area contributed by atoms with Gasteiger partial charge in [0.2, 0.25) is 0 Å². The number of hydrogen-bond donors (Lipinski definition) is 0. The smallest absolute Gasteiger partial charge is 0.410 e. The first kappa shape index (κ1) is 15.5. The van der Waals surface area contributed by atoms with Crippen LogP contribution in [0.15, 0.2) is 0 Å². The Labute approximate surface area is 121 Å². The van der Waals surface area contributed by atoms with Crippen LogP contribution in [0.4, 0.5) is 9.18 Å². The zero-order valence-corrected chi connectivity index (χ0v) is 12.9. The Morgan fingerprint density at radius 2 is 1.60 bits per heavy atom. The molecule has 0 saturated carbocycles. The van der Waals surface area contributed by atoms with Crippen molar-refractivity contribution in [3.8, 4) is 0 Å². The quantitative estimate of drug-likeness (QED) is 0.743. The van der Waals surface area contributed by atoms with E-state index in [0.29, 0.717) is 18.9 Å². The first-order valence-electron chi connectivity index (χ1n) is 7.71. The van der Waals surface area contributed by atoms with Crippen LogP contribution in [-0.2, 0) is 4.74 Å². The van der Waals surface area contributed by atoms with Gasteiger partial charge in [-0.05, 0) is 46.5 Å². The van der Waals surface area contributed by atoms with Gasteiger partial charge in [0.25, 0.3) is 0 Å². The maximum atomic E-state index is 13.2. The maximum Gasteiger partial charge on any atom is 0.410 e. The zero-order valence-electron chi connectivity index (χ0n) is 12.9. The van der Waals surface area contributed by atoms with Crippen molar-refractivity contribution in [2.24, 2.45) is 0 Å². The van der Waals surface area contributed by atoms with Crippen LogP contribution in [0.5, 0.6) is 0 Å². The standard InChI is InChI=1S/C15H27FN2O2/c1-15(2,3)20-14(19)18-10-6-13(7-11-18)17-8-4-12(16)5-9-17/h12-13H,4-11H2,1-3H3. The maximum absolute atomic E-state index is 13.2. The molecule has 2 rings (SSSR count). The van der Waals surface area contributed by atoms with E-state index in [9.17, 15) is 9.18 Å². The first-order chi connectivity index (χ1) is 9.35. The van der Waals surface area contributed by atoms with Crippen molar-refractivity contribution >= 4 is 6.09 Å². The van der Waals surface area contributed by atoms with Crippen LogP contribution in [0.3, 0.4) is 0 Å². The van der Waals surface area contributed by atoms with E-state index >= 15 is 0 Å². The third-order valence-electron chi connectivity index (χ3n) is 4.09. The highest BCUT2D eigenvalue weighted by Gasteiger charge is 2.31. The number of carbonyl (C=O) groups is 1. The van der Waals surface area contributed by atoms with Crippen molar-refractivity contribution in [1.82, 2.24) is 9.80 Å². The Kier molecular flexibility index (Phi) is 4.89. The van der Waals surface area contributed by atoms with E-state index in [1.807, 2.05) is 20.8 Å². The highest BCUT2D eigenvalue weighted by molar-refractivity contribution is 5.68. The van der Waals surface area contributed by atoms with Gasteiger partial charge in [0.15, 0.2) is 0 Å². The minimum atomic E-state index is -0.617. The van der Waals surface area contributed by atoms with Gasteiger partial charge in [-0.2, -0.15) is 0 Å². The van der Waals surface area contributed by atoms with Gasteiger partial charge in [0, 0.05) is 32.2 Å². The number of amides is 1. The van der Waals surface area contributed by atoms with Gasteiger partial charge in [0.05, 0.1) is 0 Å². The van der Waals surface area contributed by atoms with Crippen molar-refractivity contribution in [2.75, 3.05) is 26.2 Å². The van der Waals surface area contributed by atoms with Crippen LogP contribution in [-0.4, -0.2) is 59.9 Å². The van der Waals surface area contributed by atoms with E-state index in [2.05, 4.69) is 4.90 Å². The summed E-state index contributed by atoms with van der Waals surface area (Å²) in [6.07, 6.45) is 2.43. The van der Waals surface area contributed by atoms with E-state index in [1.165, 1.54) is 0 Å². The highest BCUT2D eigenvalue weighted by atomic mass is 19.1. The molecule has 0 aliphatic carbocycles. The summed E-state index contributed by atoms with van der Waals surface area (Å²) < 4.78 is 18.5. The number of nitrogens with zero attached hydrogens (tertiary/aromatic N) is 2. The molecule has 4 nitrogen and oxygen atoms in total. The number of rotatable bonds is 1. The third-order valence-corrected chi connectivity index (χ3v) is 4.09. The van der Waals surface area contributed by atoms with E-state index in [-0.39, 0.29) is 6.09 Å². The van der Waals surface area contributed by atoms with Crippen LogP contribution in [0, 0.1) is 0 Å². The number of carbonyl (C=O) groups excluding carboxylic acids is 1. The molecule has 1 amide bonds. The van der Waals surface area contributed by atoms with Crippen molar-refractivity contribution in [3.05, 3.63) is 0 Å². The fourth-order valence-electron chi connectivity index (χ4n) is 2.97. The molecule has 5 heteroatoms. The Bertz CT molecular complexity index is 327. The minimum absolute atomic E-state index is 0.210. The molecule has 0 aromatic rings. The fraction of sp³-hybridized carbons (Fsp3) is 0.933. The minimum Gasteiger partial charge on any atom is -0.444 e. The average Bonchev–Trinajstić information content (AvgIpc) is 2.38. The lowest BCUT2D eigenvalue weighted by atomic mass is 9.99. The summed E-state index contributed by atoms with van der Waals surface area (Å²) in [6.45, 7) is 8.87. The molecule has 0 atom stereocenters. The predicted molar refractivity (Wildman–Crippen MR) is 76.5 cm³/mol. The topological polar surface area (TPSA) is 32.8 Å². The highest BCUT2D eigenvalue weighted by Crippen LogP contribution is 2.23. The summed E-state index contributed by atoms with van der Waals surface area (Å²) >= 11 is 0. The summed E-state index contributed by atoms with van der Waals surface area (Å²) in [5.74, 6) is 0. The molecular weight excluding hydrogens is 259 g/mol. The summed E-state index contributed by atoms with van der Waals surface area (Å²) in [7, 11) is 0. The molecule has 0 unspecified atom stereocenters. The number of ether oxygens (including phenoxy) is 1. The lowest BCUT2D eigenvalue weighted by Crippen LogP contribution is -2.50. The molecule has 2 saturated heterocycles. The molecular formula is C15H27FN2O2. The van der Waals surface area contributed by atoms with E-state index in [0.717, 1.165) is 39.0 Å². The first-order valence-corrected chi connectivity index (χ1v) is 7.71. The van der Waals surface area contributed by atoms with Crippen LogP contribution in [0.2, 0.25) is 0 Å². The Morgan fingerprint density at radius 3 is 2.10 bits per heavy atom. The third kappa shape index (κ3) is 4.33. The van der Waals surface area contributed by atoms with Gasteiger partial charge < -0.3 is 14.5 Å². The number of halogens is 1. The number of likely N-dealkylation sites (tertiary alicyclic amines) is 2. The van der Waals surface area contributed by atoms with Crippen LogP contribution < -0.4 is 0 Å². The van der Waals surface area contributed by atoms with Crippen molar-refractivity contribution in [3.63, 3.8) is 0 Å². The van der Waals surface area contributed by atoms with Gasteiger partial charge in [-0.1, -0.05) is 0 Å². The second-order valence-corrected chi connectivity index (χ2v) is 6.91. The molecule has 0 N–H and O–H groups in total. The molecule has 0 bridgehead atoms. The van der Waals surface area contributed by atoms with Gasteiger partial charge in [-0.25, -0.2) is 9.18 Å². The fourth-order valence-corrected chi connectivity index (χ4v) is 2.97. The molecule has 20 heavy (non-hydrogen) atoms. The molecule has 0 aromatic carbocycles. The Hall–Kier alpha value is -0.840. The van der Waals surface area contributed by atoms with Crippen molar-refractivity contribution < 1.29 is 13.9 Å². The molecule has 2 aliphatic heterocycles. The van der Waals surface area contributed by atoms with Crippen molar-refractivity contribution in [2.45, 2.75) is 64.3 Å². The van der Waals surface area contributed by atoms with Gasteiger partial charge >= 0.3 is 6.09 Å². The van der Waals surface area contributed by atoms with Gasteiger partial charge in [0.1, 0.15) is 11.8 Å². The molecule has 116 valence electrons. The molecule has 0 aromatic heterocycles. The normalized spacial score (nSPS) is 23.9. The number of hydrogen-bond acceptors (Lipinski definition) is 3. The summed E-state index contributed by atoms with van der Waals surface area (Å²) in [5, 5.41) is 0. The second-order valence-electron chi connectivity index (χ2n) is 6.91. The Morgan fingerprint density at radius 1 is 1.05 bits per heavy atom. The monoisotopic (exact) mass is 286 g/mol. The summed E-state index contributed by atoms with van der Waals surface area (Å²) in [4.78, 5) is 16.2. The zero-order chi connectivity index (χ0) is 14.8. The number of piperidine rings is 2. The van der Waals surface area contributed by atoms with Crippen LogP contribution in [0.25, 0.3) is 0 Å².